The van der Waals surface area contributed by atoms with Crippen molar-refractivity contribution in [3.05, 3.63) is 41.7 Å². The van der Waals surface area contributed by atoms with Crippen LogP contribution in [0.25, 0.3) is 22.4 Å². The minimum atomic E-state index is 0.476. The van der Waals surface area contributed by atoms with E-state index < -0.39 is 0 Å². The van der Waals surface area contributed by atoms with Crippen LogP contribution in [-0.2, 0) is 0 Å². The lowest BCUT2D eigenvalue weighted by Gasteiger charge is -2.02. The fraction of sp³-hybridized carbons (Fsp3) is 0.250. The topological polar surface area (TPSA) is 64.9 Å². The molecule has 0 atom stereocenters. The SMILES string of the molecule is Cc1ccc2oc(-c3cc(N)nc(C4CC4)n3)cc2c1. The number of benzene rings is 1. The Morgan fingerprint density at radius 1 is 1.15 bits per heavy atom. The van der Waals surface area contributed by atoms with E-state index in [9.17, 15) is 0 Å². The third kappa shape index (κ3) is 1.93. The molecule has 1 fully saturated rings. The van der Waals surface area contributed by atoms with E-state index in [1.54, 1.807) is 6.07 Å². The van der Waals surface area contributed by atoms with Crippen LogP contribution in [0.15, 0.2) is 34.7 Å². The van der Waals surface area contributed by atoms with Gasteiger partial charge in [0, 0.05) is 17.4 Å². The number of nitrogens with two attached hydrogens (primary N) is 1. The predicted octanol–water partition coefficient (Wildman–Crippen LogP) is 3.66. The van der Waals surface area contributed by atoms with Crippen molar-refractivity contribution < 1.29 is 4.42 Å². The summed E-state index contributed by atoms with van der Waals surface area (Å²) in [4.78, 5) is 8.91. The number of anilines is 1. The summed E-state index contributed by atoms with van der Waals surface area (Å²) >= 11 is 0. The minimum absolute atomic E-state index is 0.476. The van der Waals surface area contributed by atoms with E-state index in [0.29, 0.717) is 11.7 Å². The molecule has 0 radical (unpaired) electrons. The zero-order valence-electron chi connectivity index (χ0n) is 11.3. The van der Waals surface area contributed by atoms with Crippen LogP contribution in [0.2, 0.25) is 0 Å². The lowest BCUT2D eigenvalue weighted by atomic mass is 10.2. The van der Waals surface area contributed by atoms with Gasteiger partial charge in [0.25, 0.3) is 0 Å². The van der Waals surface area contributed by atoms with Gasteiger partial charge in [0.05, 0.1) is 0 Å². The molecule has 2 N–H and O–H groups in total. The van der Waals surface area contributed by atoms with E-state index in [1.807, 2.05) is 18.2 Å². The van der Waals surface area contributed by atoms with Gasteiger partial charge >= 0.3 is 0 Å². The average Bonchev–Trinajstić information content (AvgIpc) is 3.18. The van der Waals surface area contributed by atoms with Crippen LogP contribution in [0.3, 0.4) is 0 Å². The van der Waals surface area contributed by atoms with E-state index >= 15 is 0 Å². The highest BCUT2D eigenvalue weighted by atomic mass is 16.3. The number of nitrogen functional groups attached to an aromatic ring is 1. The lowest BCUT2D eigenvalue weighted by molar-refractivity contribution is 0.627. The zero-order valence-corrected chi connectivity index (χ0v) is 11.3. The Bertz CT molecular complexity index is 803. The van der Waals surface area contributed by atoms with Gasteiger partial charge in [-0.1, -0.05) is 11.6 Å². The molecule has 1 aliphatic carbocycles. The van der Waals surface area contributed by atoms with Gasteiger partial charge < -0.3 is 10.2 Å². The van der Waals surface area contributed by atoms with Gasteiger partial charge in [-0.05, 0) is 38.0 Å². The molecule has 2 aromatic heterocycles. The molecule has 2 heterocycles. The van der Waals surface area contributed by atoms with Crippen LogP contribution in [0.5, 0.6) is 0 Å². The van der Waals surface area contributed by atoms with E-state index in [2.05, 4.69) is 23.0 Å². The van der Waals surface area contributed by atoms with Crippen LogP contribution >= 0.6 is 0 Å². The maximum Gasteiger partial charge on any atom is 0.154 e. The molecule has 4 heteroatoms. The number of rotatable bonds is 2. The van der Waals surface area contributed by atoms with E-state index in [1.165, 1.54) is 5.56 Å². The zero-order chi connectivity index (χ0) is 13.7. The standard InChI is InChI=1S/C16H15N3O/c1-9-2-5-13-11(6-9)7-14(20-13)12-8-15(17)19-16(18-12)10-3-4-10/h2,5-8,10H,3-4H2,1H3,(H2,17,18,19). The first-order valence-corrected chi connectivity index (χ1v) is 6.84. The van der Waals surface area contributed by atoms with Gasteiger partial charge in [-0.2, -0.15) is 0 Å². The van der Waals surface area contributed by atoms with E-state index in [0.717, 1.165) is 41.1 Å². The number of furan rings is 1. The number of hydrogen-bond donors (Lipinski definition) is 1. The molecular formula is C16H15N3O. The summed E-state index contributed by atoms with van der Waals surface area (Å²) in [7, 11) is 0. The molecule has 0 saturated heterocycles. The average molecular weight is 265 g/mol. The summed E-state index contributed by atoms with van der Waals surface area (Å²) in [6, 6.07) is 9.92. The van der Waals surface area contributed by atoms with Crippen LogP contribution in [0.4, 0.5) is 5.82 Å². The Hall–Kier alpha value is -2.36. The Balaban J connectivity index is 1.85. The summed E-state index contributed by atoms with van der Waals surface area (Å²) in [6.45, 7) is 2.07. The van der Waals surface area contributed by atoms with Crippen molar-refractivity contribution in [3.8, 4) is 11.5 Å². The summed E-state index contributed by atoms with van der Waals surface area (Å²) in [5.41, 5.74) is 8.74. The molecule has 0 amide bonds. The fourth-order valence-corrected chi connectivity index (χ4v) is 2.42. The van der Waals surface area contributed by atoms with Gasteiger partial charge in [0.2, 0.25) is 0 Å². The first-order valence-electron chi connectivity index (χ1n) is 6.84. The Kier molecular flexibility index (Phi) is 2.33. The highest BCUT2D eigenvalue weighted by molar-refractivity contribution is 5.83. The summed E-state index contributed by atoms with van der Waals surface area (Å²) < 4.78 is 5.87. The highest BCUT2D eigenvalue weighted by Crippen LogP contribution is 2.39. The number of fused-ring (bicyclic) bond motifs is 1. The molecular weight excluding hydrogens is 250 g/mol. The van der Waals surface area contributed by atoms with Gasteiger partial charge in [-0.15, -0.1) is 0 Å². The van der Waals surface area contributed by atoms with Crippen LogP contribution in [0.1, 0.15) is 30.1 Å². The van der Waals surface area contributed by atoms with Crippen molar-refractivity contribution in [2.24, 2.45) is 0 Å². The molecule has 20 heavy (non-hydrogen) atoms. The maximum atomic E-state index is 5.89. The fourth-order valence-electron chi connectivity index (χ4n) is 2.42. The molecule has 0 spiro atoms. The molecule has 0 aliphatic heterocycles. The second-order valence-electron chi connectivity index (χ2n) is 5.46. The Morgan fingerprint density at radius 3 is 2.80 bits per heavy atom. The van der Waals surface area contributed by atoms with Crippen molar-refractivity contribution in [1.29, 1.82) is 0 Å². The summed E-state index contributed by atoms with van der Waals surface area (Å²) in [5, 5.41) is 1.09. The maximum absolute atomic E-state index is 5.89. The largest absolute Gasteiger partial charge is 0.454 e. The second kappa shape index (κ2) is 4.07. The highest BCUT2D eigenvalue weighted by Gasteiger charge is 2.27. The van der Waals surface area contributed by atoms with Crippen LogP contribution in [-0.4, -0.2) is 9.97 Å². The van der Waals surface area contributed by atoms with Crippen LogP contribution < -0.4 is 5.73 Å². The van der Waals surface area contributed by atoms with E-state index in [-0.39, 0.29) is 0 Å². The van der Waals surface area contributed by atoms with Crippen LogP contribution in [0, 0.1) is 6.92 Å². The van der Waals surface area contributed by atoms with E-state index in [4.69, 9.17) is 10.2 Å². The van der Waals surface area contributed by atoms with Crippen molar-refractivity contribution >= 4 is 16.8 Å². The third-order valence-corrected chi connectivity index (χ3v) is 3.63. The molecule has 3 aromatic rings. The number of hydrogen-bond acceptors (Lipinski definition) is 4. The number of nitrogens with zero attached hydrogens (tertiary/aromatic N) is 2. The summed E-state index contributed by atoms with van der Waals surface area (Å²) in [5.74, 6) is 2.58. The van der Waals surface area contributed by atoms with Gasteiger partial charge in [0.1, 0.15) is 22.9 Å². The number of aromatic nitrogens is 2. The minimum Gasteiger partial charge on any atom is -0.454 e. The normalized spacial score (nSPS) is 14.8. The smallest absolute Gasteiger partial charge is 0.154 e. The number of aryl methyl sites for hydroxylation is 1. The molecule has 0 bridgehead atoms. The first kappa shape index (κ1) is 11.5. The Labute approximate surface area is 116 Å². The van der Waals surface area contributed by atoms with Gasteiger partial charge in [-0.3, -0.25) is 0 Å². The van der Waals surface area contributed by atoms with Crippen molar-refractivity contribution in [3.63, 3.8) is 0 Å². The second-order valence-corrected chi connectivity index (χ2v) is 5.46. The molecule has 4 rings (SSSR count). The Morgan fingerprint density at radius 2 is 2.00 bits per heavy atom. The monoisotopic (exact) mass is 265 g/mol. The molecule has 0 unspecified atom stereocenters. The summed E-state index contributed by atoms with van der Waals surface area (Å²) in [6.07, 6.45) is 2.31. The molecule has 1 saturated carbocycles. The molecule has 100 valence electrons. The predicted molar refractivity (Wildman–Crippen MR) is 78.4 cm³/mol. The molecule has 1 aliphatic rings. The van der Waals surface area contributed by atoms with Crippen molar-refractivity contribution in [1.82, 2.24) is 9.97 Å². The molecule has 1 aromatic carbocycles. The quantitative estimate of drug-likeness (QED) is 0.768. The van der Waals surface area contributed by atoms with Gasteiger partial charge in [0.15, 0.2) is 5.76 Å². The molecule has 4 nitrogen and oxygen atoms in total. The lowest BCUT2D eigenvalue weighted by Crippen LogP contribution is -1.99. The van der Waals surface area contributed by atoms with Crippen molar-refractivity contribution in [2.45, 2.75) is 25.7 Å². The van der Waals surface area contributed by atoms with Gasteiger partial charge in [-0.25, -0.2) is 9.97 Å². The third-order valence-electron chi connectivity index (χ3n) is 3.63. The van der Waals surface area contributed by atoms with Crippen molar-refractivity contribution in [2.75, 3.05) is 5.73 Å². The first-order chi connectivity index (χ1) is 9.69.